The highest BCUT2D eigenvalue weighted by molar-refractivity contribution is 6.15. The van der Waals surface area contributed by atoms with Crippen LogP contribution in [-0.4, -0.2) is 4.98 Å². The third-order valence-corrected chi connectivity index (χ3v) is 4.42. The second kappa shape index (κ2) is 9.24. The summed E-state index contributed by atoms with van der Waals surface area (Å²) in [6, 6.07) is 21.9. The fourth-order valence-electron chi connectivity index (χ4n) is 3.56. The lowest BCUT2D eigenvalue weighted by Crippen LogP contribution is -1.80. The van der Waals surface area contributed by atoms with Crippen molar-refractivity contribution >= 4 is 21.8 Å². The highest BCUT2D eigenvalue weighted by atomic mass is 14.7. The molecule has 136 valence electrons. The van der Waals surface area contributed by atoms with Crippen molar-refractivity contribution in [2.75, 3.05) is 0 Å². The summed E-state index contributed by atoms with van der Waals surface area (Å²) in [6.45, 7) is 12.0. The molecule has 1 aliphatic carbocycles. The van der Waals surface area contributed by atoms with Crippen LogP contribution >= 0.6 is 0 Å². The van der Waals surface area contributed by atoms with E-state index in [0.29, 0.717) is 0 Å². The van der Waals surface area contributed by atoms with Crippen molar-refractivity contribution in [3.05, 3.63) is 71.8 Å². The number of hydrogen-bond acceptors (Lipinski definition) is 0. The quantitative estimate of drug-likeness (QED) is 0.293. The number of nitrogens with one attached hydrogen (secondary N) is 1. The number of aromatic nitrogens is 1. The Morgan fingerprint density at radius 3 is 2.04 bits per heavy atom. The van der Waals surface area contributed by atoms with Crippen LogP contribution in [0.3, 0.4) is 0 Å². The Hall–Kier alpha value is -2.54. The maximum Gasteiger partial charge on any atom is 0.0471 e. The van der Waals surface area contributed by atoms with Crippen molar-refractivity contribution in [1.82, 2.24) is 4.98 Å². The molecule has 1 nitrogen and oxygen atoms in total. The highest BCUT2D eigenvalue weighted by Crippen LogP contribution is 2.43. The van der Waals surface area contributed by atoms with Gasteiger partial charge in [-0.05, 0) is 40.8 Å². The summed E-state index contributed by atoms with van der Waals surface area (Å²) < 4.78 is 0. The molecule has 0 aliphatic heterocycles. The van der Waals surface area contributed by atoms with E-state index >= 15 is 0 Å². The molecular formula is C25H31N. The molecule has 1 heterocycles. The molecule has 0 bridgehead atoms. The Kier molecular flexibility index (Phi) is 7.03. The van der Waals surface area contributed by atoms with Crippen LogP contribution < -0.4 is 0 Å². The molecule has 0 fully saturated rings. The molecular weight excluding hydrogens is 314 g/mol. The standard InChI is InChI=1S/C19H13N.3C2H6/c1-2-6-14-12(5-1)11-13-9-10-17-19(18(13)14)15-7-3-4-8-16(15)20-17;3*1-2/h1-10,20H,11H2;3*1-2H3. The van der Waals surface area contributed by atoms with Crippen LogP contribution in [0.2, 0.25) is 0 Å². The molecule has 4 aromatic rings. The number of aromatic amines is 1. The minimum absolute atomic E-state index is 1.06. The maximum absolute atomic E-state index is 3.54. The van der Waals surface area contributed by atoms with Gasteiger partial charge in [0.25, 0.3) is 0 Å². The summed E-state index contributed by atoms with van der Waals surface area (Å²) in [5, 5.41) is 2.71. The van der Waals surface area contributed by atoms with Crippen LogP contribution in [0.4, 0.5) is 0 Å². The zero-order chi connectivity index (χ0) is 19.1. The summed E-state index contributed by atoms with van der Waals surface area (Å²) in [5.74, 6) is 0. The number of benzene rings is 3. The molecule has 0 spiro atoms. The first kappa shape index (κ1) is 19.8. The average molecular weight is 346 g/mol. The topological polar surface area (TPSA) is 15.8 Å². The van der Waals surface area contributed by atoms with E-state index in [1.54, 1.807) is 0 Å². The van der Waals surface area contributed by atoms with Gasteiger partial charge in [0, 0.05) is 21.8 Å². The van der Waals surface area contributed by atoms with E-state index in [2.05, 4.69) is 65.6 Å². The predicted molar refractivity (Wildman–Crippen MR) is 118 cm³/mol. The lowest BCUT2D eigenvalue weighted by Gasteiger charge is -2.03. The molecule has 0 amide bonds. The molecule has 1 heteroatoms. The second-order valence-electron chi connectivity index (χ2n) is 5.53. The van der Waals surface area contributed by atoms with Crippen LogP contribution in [0.5, 0.6) is 0 Å². The van der Waals surface area contributed by atoms with E-state index < -0.39 is 0 Å². The van der Waals surface area contributed by atoms with Gasteiger partial charge in [-0.15, -0.1) is 0 Å². The molecule has 0 radical (unpaired) electrons. The third-order valence-electron chi connectivity index (χ3n) is 4.42. The summed E-state index contributed by atoms with van der Waals surface area (Å²) in [4.78, 5) is 3.54. The Balaban J connectivity index is 0.000000371. The van der Waals surface area contributed by atoms with E-state index in [4.69, 9.17) is 0 Å². The van der Waals surface area contributed by atoms with Gasteiger partial charge < -0.3 is 4.98 Å². The van der Waals surface area contributed by atoms with Gasteiger partial charge in [0.1, 0.15) is 0 Å². The smallest absolute Gasteiger partial charge is 0.0471 e. The fraction of sp³-hybridized carbons (Fsp3) is 0.280. The van der Waals surface area contributed by atoms with Crippen LogP contribution in [0, 0.1) is 0 Å². The first-order chi connectivity index (χ1) is 12.9. The fourth-order valence-corrected chi connectivity index (χ4v) is 3.56. The molecule has 0 saturated carbocycles. The first-order valence-electron chi connectivity index (χ1n) is 10.0. The Bertz CT molecular complexity index is 976. The van der Waals surface area contributed by atoms with Gasteiger partial charge >= 0.3 is 0 Å². The molecule has 1 aliphatic rings. The Morgan fingerprint density at radius 1 is 0.615 bits per heavy atom. The van der Waals surface area contributed by atoms with E-state index in [-0.39, 0.29) is 0 Å². The zero-order valence-electron chi connectivity index (χ0n) is 17.0. The second-order valence-corrected chi connectivity index (χ2v) is 5.53. The van der Waals surface area contributed by atoms with Gasteiger partial charge in [-0.25, -0.2) is 0 Å². The lowest BCUT2D eigenvalue weighted by atomic mass is 9.99. The van der Waals surface area contributed by atoms with Gasteiger partial charge in [0.05, 0.1) is 0 Å². The van der Waals surface area contributed by atoms with Crippen LogP contribution in [0.1, 0.15) is 52.7 Å². The first-order valence-corrected chi connectivity index (χ1v) is 10.0. The SMILES string of the molecule is CC.CC.CC.c1ccc2c(c1)Cc1ccc3[nH]c4ccccc4c3c1-2. The number of hydrogen-bond donors (Lipinski definition) is 1. The summed E-state index contributed by atoms with van der Waals surface area (Å²) >= 11 is 0. The van der Waals surface area contributed by atoms with E-state index in [1.807, 2.05) is 41.5 Å². The van der Waals surface area contributed by atoms with Crippen molar-refractivity contribution in [1.29, 1.82) is 0 Å². The number of fused-ring (bicyclic) bond motifs is 7. The summed E-state index contributed by atoms with van der Waals surface area (Å²) in [5.41, 5.74) is 8.18. The number of H-pyrrole nitrogens is 1. The lowest BCUT2D eigenvalue weighted by molar-refractivity contribution is 1.27. The minimum atomic E-state index is 1.06. The monoisotopic (exact) mass is 345 g/mol. The van der Waals surface area contributed by atoms with Crippen LogP contribution in [-0.2, 0) is 6.42 Å². The van der Waals surface area contributed by atoms with Gasteiger partial charge in [0.15, 0.2) is 0 Å². The van der Waals surface area contributed by atoms with Crippen molar-refractivity contribution in [3.8, 4) is 11.1 Å². The van der Waals surface area contributed by atoms with Crippen LogP contribution in [0.25, 0.3) is 32.9 Å². The van der Waals surface area contributed by atoms with E-state index in [9.17, 15) is 0 Å². The average Bonchev–Trinajstić information content (AvgIpc) is 3.30. The van der Waals surface area contributed by atoms with E-state index in [0.717, 1.165) is 6.42 Å². The Labute approximate surface area is 158 Å². The molecule has 0 unspecified atom stereocenters. The van der Waals surface area contributed by atoms with E-state index in [1.165, 1.54) is 44.1 Å². The van der Waals surface area contributed by atoms with Crippen molar-refractivity contribution in [3.63, 3.8) is 0 Å². The molecule has 26 heavy (non-hydrogen) atoms. The maximum atomic E-state index is 3.54. The Morgan fingerprint density at radius 2 is 1.27 bits per heavy atom. The van der Waals surface area contributed by atoms with Crippen molar-refractivity contribution in [2.24, 2.45) is 0 Å². The highest BCUT2D eigenvalue weighted by Gasteiger charge is 2.21. The normalized spacial score (nSPS) is 10.5. The predicted octanol–water partition coefficient (Wildman–Crippen LogP) is 7.97. The molecule has 0 atom stereocenters. The van der Waals surface area contributed by atoms with Gasteiger partial charge in [-0.2, -0.15) is 0 Å². The van der Waals surface area contributed by atoms with Crippen molar-refractivity contribution < 1.29 is 0 Å². The van der Waals surface area contributed by atoms with Gasteiger partial charge in [-0.3, -0.25) is 0 Å². The minimum Gasteiger partial charge on any atom is -0.354 e. The summed E-state index contributed by atoms with van der Waals surface area (Å²) in [7, 11) is 0. The zero-order valence-corrected chi connectivity index (χ0v) is 17.0. The van der Waals surface area contributed by atoms with Crippen molar-refractivity contribution in [2.45, 2.75) is 48.0 Å². The largest absolute Gasteiger partial charge is 0.354 e. The number of rotatable bonds is 0. The summed E-state index contributed by atoms with van der Waals surface area (Å²) in [6.07, 6.45) is 1.06. The van der Waals surface area contributed by atoms with Crippen LogP contribution in [0.15, 0.2) is 60.7 Å². The molecule has 1 N–H and O–H groups in total. The molecule has 5 rings (SSSR count). The van der Waals surface area contributed by atoms with Gasteiger partial charge in [0.2, 0.25) is 0 Å². The van der Waals surface area contributed by atoms with Gasteiger partial charge in [-0.1, -0.05) is 90.1 Å². The molecule has 0 saturated heterocycles. The number of para-hydroxylation sites is 1. The molecule has 3 aromatic carbocycles. The third kappa shape index (κ3) is 3.26. The molecule has 1 aromatic heterocycles.